The highest BCUT2D eigenvalue weighted by Crippen LogP contribution is 2.33. The second kappa shape index (κ2) is 6.07. The predicted molar refractivity (Wildman–Crippen MR) is 87.6 cm³/mol. The fourth-order valence-electron chi connectivity index (χ4n) is 3.69. The van der Waals surface area contributed by atoms with Crippen LogP contribution in [0.2, 0.25) is 0 Å². The predicted octanol–water partition coefficient (Wildman–Crippen LogP) is 1.44. The number of hydrogen-bond acceptors (Lipinski definition) is 5. The first-order valence-corrected chi connectivity index (χ1v) is 8.43. The van der Waals surface area contributed by atoms with Crippen molar-refractivity contribution in [2.75, 3.05) is 62.3 Å². The number of benzene rings is 1. The van der Waals surface area contributed by atoms with Crippen molar-refractivity contribution in [3.63, 3.8) is 0 Å². The standard InChI is InChI=1S/C17H25N3O2/c1-3-16(20-11-7-18-8-12-20)4-2-15(1)19-9-5-17(6-10-19)21-13-14-22-17/h1-4,18H,5-14H2. The van der Waals surface area contributed by atoms with Crippen molar-refractivity contribution in [3.8, 4) is 0 Å². The fraction of sp³-hybridized carbons (Fsp3) is 0.647. The summed E-state index contributed by atoms with van der Waals surface area (Å²) in [5.74, 6) is -0.281. The van der Waals surface area contributed by atoms with Crippen LogP contribution in [0, 0.1) is 0 Å². The van der Waals surface area contributed by atoms with Crippen molar-refractivity contribution >= 4 is 11.4 Å². The lowest BCUT2D eigenvalue weighted by atomic mass is 10.0. The summed E-state index contributed by atoms with van der Waals surface area (Å²) in [7, 11) is 0. The highest BCUT2D eigenvalue weighted by atomic mass is 16.7. The molecule has 0 amide bonds. The molecule has 3 heterocycles. The zero-order valence-electron chi connectivity index (χ0n) is 13.1. The Morgan fingerprint density at radius 1 is 0.773 bits per heavy atom. The van der Waals surface area contributed by atoms with Gasteiger partial charge in [0.1, 0.15) is 0 Å². The first-order chi connectivity index (χ1) is 10.8. The molecule has 3 aliphatic rings. The van der Waals surface area contributed by atoms with Gasteiger partial charge in [-0.2, -0.15) is 0 Å². The van der Waals surface area contributed by atoms with E-state index in [1.54, 1.807) is 0 Å². The van der Waals surface area contributed by atoms with Crippen molar-refractivity contribution in [2.24, 2.45) is 0 Å². The normalized spacial score (nSPS) is 24.9. The average Bonchev–Trinajstić information content (AvgIpc) is 3.05. The molecule has 5 heteroatoms. The Bertz CT molecular complexity index is 483. The maximum Gasteiger partial charge on any atom is 0.171 e. The Morgan fingerprint density at radius 3 is 1.82 bits per heavy atom. The van der Waals surface area contributed by atoms with E-state index in [2.05, 4.69) is 39.4 Å². The van der Waals surface area contributed by atoms with Gasteiger partial charge in [-0.05, 0) is 24.3 Å². The number of piperazine rings is 1. The quantitative estimate of drug-likeness (QED) is 0.895. The average molecular weight is 303 g/mol. The smallest absolute Gasteiger partial charge is 0.171 e. The summed E-state index contributed by atoms with van der Waals surface area (Å²) in [5.41, 5.74) is 2.65. The molecule has 0 atom stereocenters. The van der Waals surface area contributed by atoms with Crippen LogP contribution in [0.1, 0.15) is 12.8 Å². The number of hydrogen-bond donors (Lipinski definition) is 1. The lowest BCUT2D eigenvalue weighted by molar-refractivity contribution is -0.169. The maximum atomic E-state index is 5.80. The molecule has 0 aromatic heterocycles. The van der Waals surface area contributed by atoms with Crippen molar-refractivity contribution in [1.29, 1.82) is 0 Å². The van der Waals surface area contributed by atoms with Crippen LogP contribution >= 0.6 is 0 Å². The molecule has 1 N–H and O–H groups in total. The highest BCUT2D eigenvalue weighted by Gasteiger charge is 2.39. The van der Waals surface area contributed by atoms with Gasteiger partial charge in [-0.1, -0.05) is 0 Å². The molecule has 1 aromatic carbocycles. The number of piperidine rings is 1. The molecule has 0 saturated carbocycles. The van der Waals surface area contributed by atoms with E-state index in [0.717, 1.165) is 65.3 Å². The lowest BCUT2D eigenvalue weighted by Gasteiger charge is -2.39. The number of ether oxygens (including phenoxy) is 2. The van der Waals surface area contributed by atoms with Crippen LogP contribution in [0.5, 0.6) is 0 Å². The molecule has 3 fully saturated rings. The molecule has 3 saturated heterocycles. The van der Waals surface area contributed by atoms with E-state index in [4.69, 9.17) is 9.47 Å². The van der Waals surface area contributed by atoms with E-state index in [-0.39, 0.29) is 5.79 Å². The Balaban J connectivity index is 1.39. The Hall–Kier alpha value is -1.30. The molecule has 120 valence electrons. The fourth-order valence-corrected chi connectivity index (χ4v) is 3.69. The zero-order chi connectivity index (χ0) is 14.8. The molecule has 0 bridgehead atoms. The second-order valence-electron chi connectivity index (χ2n) is 6.35. The Kier molecular flexibility index (Phi) is 3.94. The molecule has 0 radical (unpaired) electrons. The highest BCUT2D eigenvalue weighted by molar-refractivity contribution is 5.56. The van der Waals surface area contributed by atoms with Gasteiger partial charge in [-0.25, -0.2) is 0 Å². The maximum absolute atomic E-state index is 5.80. The summed E-state index contributed by atoms with van der Waals surface area (Å²) >= 11 is 0. The van der Waals surface area contributed by atoms with Gasteiger partial charge in [0.25, 0.3) is 0 Å². The van der Waals surface area contributed by atoms with Gasteiger partial charge in [0.2, 0.25) is 0 Å². The van der Waals surface area contributed by atoms with Gasteiger partial charge >= 0.3 is 0 Å². The molecular formula is C17H25N3O2. The molecule has 22 heavy (non-hydrogen) atoms. The molecule has 3 aliphatic heterocycles. The molecule has 1 spiro atoms. The van der Waals surface area contributed by atoms with Crippen LogP contribution in [0.25, 0.3) is 0 Å². The van der Waals surface area contributed by atoms with E-state index in [1.807, 2.05) is 0 Å². The van der Waals surface area contributed by atoms with E-state index in [0.29, 0.717) is 0 Å². The topological polar surface area (TPSA) is 37.0 Å². The van der Waals surface area contributed by atoms with E-state index in [9.17, 15) is 0 Å². The SMILES string of the molecule is c1cc(N2CCC3(CC2)OCCO3)ccc1N1CCNCC1. The number of anilines is 2. The van der Waals surface area contributed by atoms with Gasteiger partial charge in [-0.15, -0.1) is 0 Å². The van der Waals surface area contributed by atoms with Crippen LogP contribution < -0.4 is 15.1 Å². The Labute approximate surface area is 132 Å². The number of rotatable bonds is 2. The summed E-state index contributed by atoms with van der Waals surface area (Å²) in [4.78, 5) is 4.89. The molecular weight excluding hydrogens is 278 g/mol. The van der Waals surface area contributed by atoms with Gasteiger partial charge in [0.15, 0.2) is 5.79 Å². The van der Waals surface area contributed by atoms with Crippen LogP contribution in [-0.2, 0) is 9.47 Å². The summed E-state index contributed by atoms with van der Waals surface area (Å²) in [6.07, 6.45) is 1.93. The monoisotopic (exact) mass is 303 g/mol. The number of nitrogens with one attached hydrogen (secondary N) is 1. The summed E-state index contributed by atoms with van der Waals surface area (Å²) in [5, 5.41) is 3.40. The van der Waals surface area contributed by atoms with E-state index < -0.39 is 0 Å². The first-order valence-electron chi connectivity index (χ1n) is 8.43. The third-order valence-corrected chi connectivity index (χ3v) is 5.04. The molecule has 0 unspecified atom stereocenters. The van der Waals surface area contributed by atoms with Gasteiger partial charge in [-0.3, -0.25) is 0 Å². The molecule has 5 nitrogen and oxygen atoms in total. The zero-order valence-corrected chi connectivity index (χ0v) is 13.1. The van der Waals surface area contributed by atoms with Gasteiger partial charge in [0.05, 0.1) is 13.2 Å². The molecule has 0 aliphatic carbocycles. The first kappa shape index (κ1) is 14.3. The molecule has 4 rings (SSSR count). The minimum Gasteiger partial charge on any atom is -0.371 e. The van der Waals surface area contributed by atoms with E-state index >= 15 is 0 Å². The van der Waals surface area contributed by atoms with Crippen molar-refractivity contribution in [1.82, 2.24) is 5.32 Å². The lowest BCUT2D eigenvalue weighted by Crippen LogP contribution is -2.45. The van der Waals surface area contributed by atoms with E-state index in [1.165, 1.54) is 11.4 Å². The minimum absolute atomic E-state index is 0.281. The minimum atomic E-state index is -0.281. The van der Waals surface area contributed by atoms with Crippen molar-refractivity contribution < 1.29 is 9.47 Å². The summed E-state index contributed by atoms with van der Waals surface area (Å²) in [6.45, 7) is 7.87. The summed E-state index contributed by atoms with van der Waals surface area (Å²) in [6, 6.07) is 9.03. The van der Waals surface area contributed by atoms with Gasteiger partial charge < -0.3 is 24.6 Å². The second-order valence-corrected chi connectivity index (χ2v) is 6.35. The number of nitrogens with zero attached hydrogens (tertiary/aromatic N) is 2. The van der Waals surface area contributed by atoms with Crippen LogP contribution in [0.4, 0.5) is 11.4 Å². The van der Waals surface area contributed by atoms with Crippen molar-refractivity contribution in [3.05, 3.63) is 24.3 Å². The third-order valence-electron chi connectivity index (χ3n) is 5.04. The summed E-state index contributed by atoms with van der Waals surface area (Å²) < 4.78 is 11.6. The largest absolute Gasteiger partial charge is 0.371 e. The Morgan fingerprint density at radius 2 is 1.27 bits per heavy atom. The molecule has 1 aromatic rings. The van der Waals surface area contributed by atoms with Crippen molar-refractivity contribution in [2.45, 2.75) is 18.6 Å². The van der Waals surface area contributed by atoms with Crippen LogP contribution in [0.3, 0.4) is 0 Å². The van der Waals surface area contributed by atoms with Crippen LogP contribution in [-0.4, -0.2) is 58.3 Å². The van der Waals surface area contributed by atoms with Crippen LogP contribution in [0.15, 0.2) is 24.3 Å². The third kappa shape index (κ3) is 2.81. The van der Waals surface area contributed by atoms with Gasteiger partial charge in [0, 0.05) is 63.5 Å².